The molecule has 0 nitrogen and oxygen atoms in total. The highest BCUT2D eigenvalue weighted by Gasteiger charge is 2.23. The van der Waals surface area contributed by atoms with E-state index in [0.717, 1.165) is 10.4 Å². The van der Waals surface area contributed by atoms with E-state index in [0.29, 0.717) is 0 Å². The van der Waals surface area contributed by atoms with E-state index < -0.39 is 0 Å². The lowest BCUT2D eigenvalue weighted by Crippen LogP contribution is -1.75. The van der Waals surface area contributed by atoms with Crippen molar-refractivity contribution in [2.45, 2.75) is 12.3 Å². The van der Waals surface area contributed by atoms with Crippen molar-refractivity contribution in [3.8, 4) is 0 Å². The molecule has 1 unspecified atom stereocenters. The van der Waals surface area contributed by atoms with Crippen LogP contribution in [0.2, 0.25) is 0 Å². The summed E-state index contributed by atoms with van der Waals surface area (Å²) in [5.74, 6) is 0.757. The molecule has 1 aromatic carbocycles. The molecule has 0 bridgehead atoms. The van der Waals surface area contributed by atoms with Crippen molar-refractivity contribution in [2.24, 2.45) is 0 Å². The van der Waals surface area contributed by atoms with E-state index in [-0.39, 0.29) is 0 Å². The standard InChI is InChI=1S/C9H8Br/c10-9-5-3-8(4-6-9)7-1-2-7/h1,3-7H,2H2. The zero-order chi connectivity index (χ0) is 6.97. The van der Waals surface area contributed by atoms with Crippen molar-refractivity contribution in [1.29, 1.82) is 0 Å². The van der Waals surface area contributed by atoms with Crippen LogP contribution < -0.4 is 0 Å². The molecule has 0 spiro atoms. The number of rotatable bonds is 1. The van der Waals surface area contributed by atoms with Gasteiger partial charge in [-0.1, -0.05) is 28.1 Å². The highest BCUT2D eigenvalue weighted by atomic mass is 79.9. The molecule has 1 heteroatoms. The number of hydrogen-bond donors (Lipinski definition) is 0. The van der Waals surface area contributed by atoms with Gasteiger partial charge in [0.15, 0.2) is 0 Å². The average molecular weight is 196 g/mol. The minimum atomic E-state index is 0.757. The molecule has 1 aliphatic rings. The van der Waals surface area contributed by atoms with Crippen molar-refractivity contribution < 1.29 is 0 Å². The van der Waals surface area contributed by atoms with Crippen molar-refractivity contribution in [2.75, 3.05) is 0 Å². The maximum absolute atomic E-state index is 3.40. The summed E-state index contributed by atoms with van der Waals surface area (Å²) in [6, 6.07) is 8.56. The minimum absolute atomic E-state index is 0.757. The predicted molar refractivity (Wildman–Crippen MR) is 45.8 cm³/mol. The normalized spacial score (nSPS) is 17.3. The van der Waals surface area contributed by atoms with Gasteiger partial charge in [-0.25, -0.2) is 0 Å². The Morgan fingerprint density at radius 2 is 1.80 bits per heavy atom. The molecule has 0 N–H and O–H groups in total. The van der Waals surface area contributed by atoms with Crippen molar-refractivity contribution >= 4 is 15.9 Å². The van der Waals surface area contributed by atoms with Gasteiger partial charge >= 0.3 is 0 Å². The molecule has 51 valence electrons. The average Bonchev–Trinajstić information content (AvgIpc) is 2.71. The lowest BCUT2D eigenvalue weighted by atomic mass is 10.1. The van der Waals surface area contributed by atoms with Gasteiger partial charge in [0.1, 0.15) is 0 Å². The monoisotopic (exact) mass is 195 g/mol. The van der Waals surface area contributed by atoms with E-state index in [1.54, 1.807) is 0 Å². The first-order valence-electron chi connectivity index (χ1n) is 3.45. The van der Waals surface area contributed by atoms with E-state index in [2.05, 4.69) is 46.6 Å². The van der Waals surface area contributed by atoms with Crippen LogP contribution >= 0.6 is 15.9 Å². The molecule has 1 aromatic rings. The zero-order valence-electron chi connectivity index (χ0n) is 5.55. The van der Waals surface area contributed by atoms with Crippen LogP contribution in [0.5, 0.6) is 0 Å². The van der Waals surface area contributed by atoms with Gasteiger partial charge in [0, 0.05) is 4.47 Å². The van der Waals surface area contributed by atoms with Crippen LogP contribution in [0.1, 0.15) is 17.9 Å². The third-order valence-electron chi connectivity index (χ3n) is 1.77. The van der Waals surface area contributed by atoms with E-state index in [1.807, 2.05) is 0 Å². The van der Waals surface area contributed by atoms with Crippen LogP contribution in [-0.4, -0.2) is 0 Å². The summed E-state index contributed by atoms with van der Waals surface area (Å²) in [7, 11) is 0. The molecule has 0 saturated heterocycles. The molecular formula is C9H8Br. The van der Waals surface area contributed by atoms with Crippen LogP contribution in [0.25, 0.3) is 0 Å². The third kappa shape index (κ3) is 1.24. The van der Waals surface area contributed by atoms with Gasteiger partial charge in [-0.15, -0.1) is 0 Å². The number of benzene rings is 1. The van der Waals surface area contributed by atoms with E-state index in [4.69, 9.17) is 0 Å². The van der Waals surface area contributed by atoms with E-state index in [9.17, 15) is 0 Å². The van der Waals surface area contributed by atoms with Crippen LogP contribution in [0.4, 0.5) is 0 Å². The second-order valence-electron chi connectivity index (χ2n) is 2.63. The van der Waals surface area contributed by atoms with Gasteiger partial charge in [-0.05, 0) is 36.5 Å². The Hall–Kier alpha value is -0.300. The van der Waals surface area contributed by atoms with Crippen molar-refractivity contribution in [3.63, 3.8) is 0 Å². The molecule has 0 amide bonds. The molecule has 1 aliphatic carbocycles. The van der Waals surface area contributed by atoms with Gasteiger partial charge in [0.2, 0.25) is 0 Å². The van der Waals surface area contributed by atoms with Crippen LogP contribution in [-0.2, 0) is 0 Å². The van der Waals surface area contributed by atoms with Crippen LogP contribution in [0.15, 0.2) is 28.7 Å². The summed E-state index contributed by atoms with van der Waals surface area (Å²) in [6.45, 7) is 0. The van der Waals surface area contributed by atoms with E-state index in [1.165, 1.54) is 12.0 Å². The fourth-order valence-corrected chi connectivity index (χ4v) is 1.31. The summed E-state index contributed by atoms with van der Waals surface area (Å²) >= 11 is 3.40. The largest absolute Gasteiger partial charge is 0.0576 e. The highest BCUT2D eigenvalue weighted by Crippen LogP contribution is 2.38. The Labute approximate surface area is 69.4 Å². The Morgan fingerprint density at radius 3 is 2.30 bits per heavy atom. The summed E-state index contributed by atoms with van der Waals surface area (Å²) < 4.78 is 1.16. The Balaban J connectivity index is 2.28. The van der Waals surface area contributed by atoms with E-state index >= 15 is 0 Å². The lowest BCUT2D eigenvalue weighted by Gasteiger charge is -1.95. The molecular weight excluding hydrogens is 188 g/mol. The highest BCUT2D eigenvalue weighted by molar-refractivity contribution is 9.10. The molecule has 0 heterocycles. The van der Waals surface area contributed by atoms with Gasteiger partial charge in [-0.2, -0.15) is 0 Å². The van der Waals surface area contributed by atoms with Gasteiger partial charge < -0.3 is 0 Å². The molecule has 10 heavy (non-hydrogen) atoms. The minimum Gasteiger partial charge on any atom is -0.0576 e. The first kappa shape index (κ1) is 6.41. The van der Waals surface area contributed by atoms with Gasteiger partial charge in [0.05, 0.1) is 0 Å². The fraction of sp³-hybridized carbons (Fsp3) is 0.222. The van der Waals surface area contributed by atoms with Crippen LogP contribution in [0.3, 0.4) is 0 Å². The maximum atomic E-state index is 3.40. The number of hydrogen-bond acceptors (Lipinski definition) is 0. The van der Waals surface area contributed by atoms with Crippen LogP contribution in [0, 0.1) is 6.42 Å². The Bertz CT molecular complexity index is 221. The SMILES string of the molecule is Brc1ccc(C2[CH]C2)cc1. The van der Waals surface area contributed by atoms with Crippen molar-refractivity contribution in [1.82, 2.24) is 0 Å². The molecule has 1 saturated carbocycles. The smallest absolute Gasteiger partial charge is 0.0175 e. The Morgan fingerprint density at radius 1 is 1.20 bits per heavy atom. The van der Waals surface area contributed by atoms with Crippen molar-refractivity contribution in [3.05, 3.63) is 40.7 Å². The summed E-state index contributed by atoms with van der Waals surface area (Å²) in [4.78, 5) is 0. The number of halogens is 1. The molecule has 0 aromatic heterocycles. The first-order chi connectivity index (χ1) is 4.86. The summed E-state index contributed by atoms with van der Waals surface area (Å²) in [6.07, 6.45) is 3.59. The molecule has 0 aliphatic heterocycles. The predicted octanol–water partition coefficient (Wildman–Crippen LogP) is 3.14. The summed E-state index contributed by atoms with van der Waals surface area (Å²) in [5.41, 5.74) is 1.45. The van der Waals surface area contributed by atoms with Gasteiger partial charge in [-0.3, -0.25) is 0 Å². The summed E-state index contributed by atoms with van der Waals surface area (Å²) in [5, 5.41) is 0. The second-order valence-corrected chi connectivity index (χ2v) is 3.55. The third-order valence-corrected chi connectivity index (χ3v) is 2.30. The molecule has 1 radical (unpaired) electrons. The molecule has 2 rings (SSSR count). The molecule has 1 atom stereocenters. The first-order valence-corrected chi connectivity index (χ1v) is 4.24. The fourth-order valence-electron chi connectivity index (χ4n) is 1.05. The second kappa shape index (κ2) is 2.39. The maximum Gasteiger partial charge on any atom is 0.0175 e. The zero-order valence-corrected chi connectivity index (χ0v) is 7.14. The topological polar surface area (TPSA) is 0 Å². The molecule has 1 fully saturated rings. The lowest BCUT2D eigenvalue weighted by molar-refractivity contribution is 1.16. The Kier molecular flexibility index (Phi) is 1.53. The van der Waals surface area contributed by atoms with Gasteiger partial charge in [0.25, 0.3) is 0 Å². The quantitative estimate of drug-likeness (QED) is 0.647.